The van der Waals surface area contributed by atoms with Gasteiger partial charge in [-0.25, -0.2) is 4.79 Å². The van der Waals surface area contributed by atoms with Gasteiger partial charge in [-0.2, -0.15) is 0 Å². The van der Waals surface area contributed by atoms with Crippen LogP contribution in [0.25, 0.3) is 10.9 Å². The number of aromatic nitrogens is 1. The normalized spacial score (nSPS) is 24.1. The van der Waals surface area contributed by atoms with E-state index < -0.39 is 0 Å². The number of likely N-dealkylation sites (N-methyl/N-ethyl adjacent to an activating group) is 1. The molecule has 1 aliphatic carbocycles. The number of nitrogens with zero attached hydrogens (tertiary/aromatic N) is 2. The highest BCUT2D eigenvalue weighted by molar-refractivity contribution is 5.94. The van der Waals surface area contributed by atoms with E-state index in [4.69, 9.17) is 0 Å². The minimum absolute atomic E-state index is 0.0163. The molecule has 2 heterocycles. The smallest absolute Gasteiger partial charge is 0.317 e. The Balaban J connectivity index is 1.69. The van der Waals surface area contributed by atoms with Gasteiger partial charge in [-0.15, -0.1) is 0 Å². The quantitative estimate of drug-likeness (QED) is 0.799. The predicted molar refractivity (Wildman–Crippen MR) is 111 cm³/mol. The average molecular weight is 383 g/mol. The van der Waals surface area contributed by atoms with Crippen molar-refractivity contribution in [2.45, 2.75) is 51.6 Å². The fraction of sp³-hybridized carbons (Fsp3) is 0.545. The molecule has 150 valence electrons. The summed E-state index contributed by atoms with van der Waals surface area (Å²) in [7, 11) is 2.15. The van der Waals surface area contributed by atoms with Crippen molar-refractivity contribution in [3.8, 4) is 0 Å². The van der Waals surface area contributed by atoms with Crippen LogP contribution in [0.15, 0.2) is 12.1 Å². The van der Waals surface area contributed by atoms with Gasteiger partial charge in [0.1, 0.15) is 6.29 Å². The summed E-state index contributed by atoms with van der Waals surface area (Å²) in [5.74, 6) is 0.311. The number of hydrogen-bond acceptors (Lipinski definition) is 3. The SMILES string of the molecule is CCN(CC)C(=O)N[C@H]1C[C@@H]2c3cc(C=O)cc4[nH]c(C)c(c34)C[C@H]2N(C)C1. The van der Waals surface area contributed by atoms with Crippen molar-refractivity contribution >= 4 is 23.2 Å². The van der Waals surface area contributed by atoms with E-state index in [-0.39, 0.29) is 12.1 Å². The van der Waals surface area contributed by atoms with Gasteiger partial charge in [0.15, 0.2) is 0 Å². The molecule has 1 aliphatic heterocycles. The number of piperidine rings is 1. The number of aryl methyl sites for hydroxylation is 1. The first kappa shape index (κ1) is 19.0. The number of likely N-dealkylation sites (tertiary alicyclic amines) is 1. The standard InChI is InChI=1S/C22H30N4O2/c1-5-26(6-2)22(28)24-15-9-17-18-7-14(12-27)8-19-21(18)16(13(3)23-19)10-20(17)25(4)11-15/h7-8,12,15,17,20,23H,5-6,9-11H2,1-4H3,(H,24,28)/t15-,17+,20+/m0/s1. The van der Waals surface area contributed by atoms with Crippen molar-refractivity contribution in [3.63, 3.8) is 0 Å². The lowest BCUT2D eigenvalue weighted by atomic mass is 9.73. The molecule has 0 bridgehead atoms. The molecule has 2 aliphatic rings. The van der Waals surface area contributed by atoms with E-state index in [1.165, 1.54) is 22.2 Å². The van der Waals surface area contributed by atoms with E-state index in [0.717, 1.165) is 31.2 Å². The lowest BCUT2D eigenvalue weighted by Crippen LogP contribution is -2.56. The highest BCUT2D eigenvalue weighted by atomic mass is 16.2. The molecule has 1 saturated heterocycles. The van der Waals surface area contributed by atoms with Crippen LogP contribution in [-0.4, -0.2) is 65.9 Å². The second-order valence-corrected chi connectivity index (χ2v) is 8.25. The van der Waals surface area contributed by atoms with Crippen molar-refractivity contribution in [3.05, 3.63) is 34.5 Å². The van der Waals surface area contributed by atoms with Crippen LogP contribution in [0.3, 0.4) is 0 Å². The molecule has 6 heteroatoms. The number of aldehydes is 1. The molecule has 2 aromatic rings. The summed E-state index contributed by atoms with van der Waals surface area (Å²) in [6.07, 6.45) is 2.85. The first-order chi connectivity index (χ1) is 13.5. The summed E-state index contributed by atoms with van der Waals surface area (Å²) in [6.45, 7) is 8.41. The van der Waals surface area contributed by atoms with Crippen LogP contribution in [0.1, 0.15) is 53.4 Å². The van der Waals surface area contributed by atoms with E-state index in [1.807, 2.05) is 24.8 Å². The molecule has 4 rings (SSSR count). The number of rotatable bonds is 4. The Morgan fingerprint density at radius 2 is 2.11 bits per heavy atom. The Bertz CT molecular complexity index is 915. The summed E-state index contributed by atoms with van der Waals surface area (Å²) in [4.78, 5) is 31.8. The molecule has 1 aromatic carbocycles. The number of H-pyrrole nitrogens is 1. The zero-order valence-corrected chi connectivity index (χ0v) is 17.2. The topological polar surface area (TPSA) is 68.4 Å². The Morgan fingerprint density at radius 1 is 1.36 bits per heavy atom. The van der Waals surface area contributed by atoms with Crippen LogP contribution >= 0.6 is 0 Å². The van der Waals surface area contributed by atoms with Gasteiger partial charge in [-0.3, -0.25) is 4.79 Å². The molecule has 1 fully saturated rings. The van der Waals surface area contributed by atoms with E-state index in [0.29, 0.717) is 30.6 Å². The Hall–Kier alpha value is -2.34. The first-order valence-electron chi connectivity index (χ1n) is 10.3. The van der Waals surface area contributed by atoms with Crippen molar-refractivity contribution in [2.75, 3.05) is 26.7 Å². The summed E-state index contributed by atoms with van der Waals surface area (Å²) in [5.41, 5.74) is 5.60. The van der Waals surface area contributed by atoms with Gasteiger partial charge in [-0.05, 0) is 63.9 Å². The highest BCUT2D eigenvalue weighted by Crippen LogP contribution is 2.44. The fourth-order valence-electron chi connectivity index (χ4n) is 5.25. The molecule has 6 nitrogen and oxygen atoms in total. The summed E-state index contributed by atoms with van der Waals surface area (Å²) in [6, 6.07) is 4.53. The van der Waals surface area contributed by atoms with Gasteiger partial charge in [0.05, 0.1) is 0 Å². The van der Waals surface area contributed by atoms with Crippen LogP contribution < -0.4 is 5.32 Å². The number of benzene rings is 1. The summed E-state index contributed by atoms with van der Waals surface area (Å²) >= 11 is 0. The molecule has 1 aromatic heterocycles. The van der Waals surface area contributed by atoms with E-state index in [2.05, 4.69) is 35.2 Å². The van der Waals surface area contributed by atoms with E-state index in [1.54, 1.807) is 0 Å². The minimum atomic E-state index is 0.0163. The lowest BCUT2D eigenvalue weighted by Gasteiger charge is -2.46. The number of aromatic amines is 1. The fourth-order valence-corrected chi connectivity index (χ4v) is 5.25. The maximum absolute atomic E-state index is 12.6. The van der Waals surface area contributed by atoms with Gasteiger partial charge in [0, 0.05) is 59.8 Å². The van der Waals surface area contributed by atoms with Crippen LogP contribution in [0.2, 0.25) is 0 Å². The molecular weight excluding hydrogens is 352 g/mol. The van der Waals surface area contributed by atoms with Gasteiger partial charge in [-0.1, -0.05) is 0 Å². The third-order valence-electron chi connectivity index (χ3n) is 6.67. The first-order valence-corrected chi connectivity index (χ1v) is 10.3. The van der Waals surface area contributed by atoms with Crippen LogP contribution in [-0.2, 0) is 6.42 Å². The Labute approximate surface area is 166 Å². The number of hydrogen-bond donors (Lipinski definition) is 2. The zero-order chi connectivity index (χ0) is 20.0. The highest BCUT2D eigenvalue weighted by Gasteiger charge is 2.40. The molecule has 0 unspecified atom stereocenters. The number of carbonyl (C=O) groups is 2. The molecule has 0 spiro atoms. The van der Waals surface area contributed by atoms with Crippen molar-refractivity contribution < 1.29 is 9.59 Å². The predicted octanol–water partition coefficient (Wildman–Crippen LogP) is 3.05. The number of nitrogens with one attached hydrogen (secondary N) is 2. The molecule has 0 radical (unpaired) electrons. The molecule has 0 saturated carbocycles. The van der Waals surface area contributed by atoms with Gasteiger partial charge in [0.2, 0.25) is 0 Å². The molecule has 2 N–H and O–H groups in total. The van der Waals surface area contributed by atoms with Crippen LogP contribution in [0.4, 0.5) is 4.79 Å². The Kier molecular flexibility index (Phi) is 4.91. The van der Waals surface area contributed by atoms with Crippen LogP contribution in [0, 0.1) is 6.92 Å². The second kappa shape index (κ2) is 7.24. The van der Waals surface area contributed by atoms with Crippen molar-refractivity contribution in [1.29, 1.82) is 0 Å². The lowest BCUT2D eigenvalue weighted by molar-refractivity contribution is 0.112. The van der Waals surface area contributed by atoms with Gasteiger partial charge in [0.25, 0.3) is 0 Å². The maximum atomic E-state index is 12.6. The average Bonchev–Trinajstić information content (AvgIpc) is 2.99. The summed E-state index contributed by atoms with van der Waals surface area (Å²) < 4.78 is 0. The second-order valence-electron chi connectivity index (χ2n) is 8.25. The monoisotopic (exact) mass is 382 g/mol. The number of carbonyl (C=O) groups excluding carboxylic acids is 2. The number of urea groups is 1. The van der Waals surface area contributed by atoms with Crippen molar-refractivity contribution in [2.24, 2.45) is 0 Å². The molecule has 3 atom stereocenters. The van der Waals surface area contributed by atoms with Crippen molar-refractivity contribution in [1.82, 2.24) is 20.1 Å². The number of fused-ring (bicyclic) bond motifs is 2. The maximum Gasteiger partial charge on any atom is 0.317 e. The van der Waals surface area contributed by atoms with Gasteiger partial charge < -0.3 is 20.1 Å². The summed E-state index contributed by atoms with van der Waals surface area (Å²) in [5, 5.41) is 4.53. The van der Waals surface area contributed by atoms with Gasteiger partial charge >= 0.3 is 6.03 Å². The third kappa shape index (κ3) is 3.00. The Morgan fingerprint density at radius 3 is 2.79 bits per heavy atom. The zero-order valence-electron chi connectivity index (χ0n) is 17.2. The largest absolute Gasteiger partial charge is 0.358 e. The molecular formula is C22H30N4O2. The minimum Gasteiger partial charge on any atom is -0.358 e. The third-order valence-corrected chi connectivity index (χ3v) is 6.67. The van der Waals surface area contributed by atoms with Crippen LogP contribution in [0.5, 0.6) is 0 Å². The van der Waals surface area contributed by atoms with E-state index in [9.17, 15) is 9.59 Å². The number of amides is 2. The molecule has 2 amide bonds. The molecule has 28 heavy (non-hydrogen) atoms. The van der Waals surface area contributed by atoms with E-state index >= 15 is 0 Å².